The second-order valence-corrected chi connectivity index (χ2v) is 9.68. The van der Waals surface area contributed by atoms with Crippen LogP contribution >= 0.6 is 0 Å². The van der Waals surface area contributed by atoms with Gasteiger partial charge in [-0.15, -0.1) is 6.58 Å². The lowest BCUT2D eigenvalue weighted by molar-refractivity contribution is -0.252. The molecule has 3 aromatic carbocycles. The van der Waals surface area contributed by atoms with E-state index in [9.17, 15) is 9.90 Å². The number of amides is 1. The Balaban J connectivity index is 1.35. The smallest absolute Gasteiger partial charge is 0.275 e. The lowest BCUT2D eigenvalue weighted by Gasteiger charge is -2.37. The maximum Gasteiger partial charge on any atom is 0.275 e. The van der Waals surface area contributed by atoms with Gasteiger partial charge in [-0.1, -0.05) is 54.6 Å². The standard InChI is InChI=1S/C31H32N4O4/c1-3-15-35(2)19-25-17-29(22-13-11-21(20-36)12-14-22)39-31(38-25)23-7-6-8-24(16-23)33-30(37)28-18-32-26-9-4-5-10-27(26)34-28/h3-14,16,18,25,29,31,36H,1,15,17,19-20H2,2H3,(H,33,37)/t25-,29+,31+/m0/s1. The molecule has 1 aliphatic heterocycles. The summed E-state index contributed by atoms with van der Waals surface area (Å²) in [5.41, 5.74) is 4.91. The average molecular weight is 525 g/mol. The van der Waals surface area contributed by atoms with Crippen LogP contribution in [0.3, 0.4) is 0 Å². The summed E-state index contributed by atoms with van der Waals surface area (Å²) in [6, 6.07) is 22.7. The van der Waals surface area contributed by atoms with Gasteiger partial charge in [0, 0.05) is 30.8 Å². The fourth-order valence-electron chi connectivity index (χ4n) is 4.70. The monoisotopic (exact) mass is 524 g/mol. The number of para-hydroxylation sites is 2. The van der Waals surface area contributed by atoms with Crippen molar-refractivity contribution < 1.29 is 19.4 Å². The van der Waals surface area contributed by atoms with Crippen molar-refractivity contribution in [2.75, 3.05) is 25.5 Å². The summed E-state index contributed by atoms with van der Waals surface area (Å²) in [7, 11) is 2.03. The molecule has 3 atom stereocenters. The number of likely N-dealkylation sites (N-methyl/N-ethyl adjacent to an activating group) is 1. The van der Waals surface area contributed by atoms with E-state index in [-0.39, 0.29) is 30.4 Å². The molecule has 0 aliphatic carbocycles. The highest BCUT2D eigenvalue weighted by Crippen LogP contribution is 2.38. The van der Waals surface area contributed by atoms with E-state index < -0.39 is 6.29 Å². The predicted molar refractivity (Wildman–Crippen MR) is 150 cm³/mol. The van der Waals surface area contributed by atoms with Gasteiger partial charge in [0.15, 0.2) is 6.29 Å². The zero-order chi connectivity index (χ0) is 27.2. The van der Waals surface area contributed by atoms with Crippen LogP contribution in [0, 0.1) is 0 Å². The summed E-state index contributed by atoms with van der Waals surface area (Å²) in [5, 5.41) is 12.3. The summed E-state index contributed by atoms with van der Waals surface area (Å²) in [6.45, 7) is 5.30. The lowest BCUT2D eigenvalue weighted by atomic mass is 9.99. The second-order valence-electron chi connectivity index (χ2n) is 9.68. The number of aliphatic hydroxyl groups is 1. The molecule has 1 amide bonds. The van der Waals surface area contributed by atoms with Gasteiger partial charge in [0.25, 0.3) is 5.91 Å². The van der Waals surface area contributed by atoms with Gasteiger partial charge < -0.3 is 24.8 Å². The Morgan fingerprint density at radius 2 is 1.87 bits per heavy atom. The first kappa shape index (κ1) is 26.6. The molecular weight excluding hydrogens is 492 g/mol. The van der Waals surface area contributed by atoms with Crippen molar-refractivity contribution in [1.29, 1.82) is 0 Å². The van der Waals surface area contributed by atoms with Crippen molar-refractivity contribution in [2.24, 2.45) is 0 Å². The summed E-state index contributed by atoms with van der Waals surface area (Å²) >= 11 is 0. The van der Waals surface area contributed by atoms with E-state index >= 15 is 0 Å². The van der Waals surface area contributed by atoms with Crippen LogP contribution in [0.15, 0.2) is 91.6 Å². The Labute approximate surface area is 227 Å². The van der Waals surface area contributed by atoms with Crippen LogP contribution in [0.25, 0.3) is 11.0 Å². The molecule has 1 fully saturated rings. The number of hydrogen-bond donors (Lipinski definition) is 2. The van der Waals surface area contributed by atoms with Crippen LogP contribution in [0.5, 0.6) is 0 Å². The first-order valence-electron chi connectivity index (χ1n) is 13.0. The van der Waals surface area contributed by atoms with Crippen LogP contribution < -0.4 is 5.32 Å². The molecular formula is C31H32N4O4. The van der Waals surface area contributed by atoms with Crippen LogP contribution in [-0.2, 0) is 16.1 Å². The first-order valence-corrected chi connectivity index (χ1v) is 13.0. The van der Waals surface area contributed by atoms with Gasteiger partial charge >= 0.3 is 0 Å². The van der Waals surface area contributed by atoms with Gasteiger partial charge in [-0.3, -0.25) is 9.78 Å². The zero-order valence-corrected chi connectivity index (χ0v) is 21.9. The number of aliphatic hydroxyl groups excluding tert-OH is 1. The molecule has 200 valence electrons. The molecule has 0 spiro atoms. The molecule has 4 aromatic rings. The number of hydrogen-bond acceptors (Lipinski definition) is 7. The topological polar surface area (TPSA) is 96.8 Å². The van der Waals surface area contributed by atoms with Crippen LogP contribution in [-0.4, -0.2) is 52.1 Å². The van der Waals surface area contributed by atoms with Gasteiger partial charge in [0.1, 0.15) is 5.69 Å². The third-order valence-corrected chi connectivity index (χ3v) is 6.67. The number of anilines is 1. The molecule has 5 rings (SSSR count). The van der Waals surface area contributed by atoms with Crippen LogP contribution in [0.2, 0.25) is 0 Å². The Bertz CT molecular complexity index is 1440. The summed E-state index contributed by atoms with van der Waals surface area (Å²) < 4.78 is 12.8. The molecule has 39 heavy (non-hydrogen) atoms. The quantitative estimate of drug-likeness (QED) is 0.296. The van der Waals surface area contributed by atoms with Crippen molar-refractivity contribution in [3.63, 3.8) is 0 Å². The fourth-order valence-corrected chi connectivity index (χ4v) is 4.70. The molecule has 0 bridgehead atoms. The molecule has 0 saturated carbocycles. The van der Waals surface area contributed by atoms with E-state index in [4.69, 9.17) is 9.47 Å². The largest absolute Gasteiger partial charge is 0.392 e. The van der Waals surface area contributed by atoms with E-state index in [0.717, 1.165) is 28.8 Å². The normalized spacial score (nSPS) is 19.2. The Morgan fingerprint density at radius 1 is 1.08 bits per heavy atom. The third kappa shape index (κ3) is 6.55. The molecule has 0 radical (unpaired) electrons. The third-order valence-electron chi connectivity index (χ3n) is 6.67. The Hall–Kier alpha value is -3.95. The van der Waals surface area contributed by atoms with Gasteiger partial charge in [-0.2, -0.15) is 0 Å². The molecule has 1 aromatic heterocycles. The number of ether oxygens (including phenoxy) is 2. The van der Waals surface area contributed by atoms with Gasteiger partial charge in [0.2, 0.25) is 0 Å². The van der Waals surface area contributed by atoms with E-state index in [1.807, 2.05) is 85.9 Å². The van der Waals surface area contributed by atoms with E-state index in [0.29, 0.717) is 24.2 Å². The van der Waals surface area contributed by atoms with Crippen molar-refractivity contribution in [3.8, 4) is 0 Å². The molecule has 2 heterocycles. The zero-order valence-electron chi connectivity index (χ0n) is 21.9. The number of nitrogens with one attached hydrogen (secondary N) is 1. The molecule has 0 unspecified atom stereocenters. The van der Waals surface area contributed by atoms with Crippen LogP contribution in [0.1, 0.15) is 46.0 Å². The minimum absolute atomic E-state index is 0.00415. The van der Waals surface area contributed by atoms with Gasteiger partial charge in [0.05, 0.1) is 36.0 Å². The minimum atomic E-state index is -0.624. The van der Waals surface area contributed by atoms with Crippen molar-refractivity contribution >= 4 is 22.6 Å². The number of carbonyl (C=O) groups is 1. The fraction of sp³-hybridized carbons (Fsp3) is 0.258. The van der Waals surface area contributed by atoms with Crippen LogP contribution in [0.4, 0.5) is 5.69 Å². The summed E-state index contributed by atoms with van der Waals surface area (Å²) in [5.74, 6) is -0.346. The molecule has 8 nitrogen and oxygen atoms in total. The van der Waals surface area contributed by atoms with Crippen molar-refractivity contribution in [2.45, 2.75) is 31.5 Å². The maximum atomic E-state index is 13.0. The van der Waals surface area contributed by atoms with Crippen molar-refractivity contribution in [3.05, 3.63) is 114 Å². The minimum Gasteiger partial charge on any atom is -0.392 e. The number of carbonyl (C=O) groups excluding carboxylic acids is 1. The number of benzene rings is 3. The lowest BCUT2D eigenvalue weighted by Crippen LogP contribution is -2.37. The van der Waals surface area contributed by atoms with E-state index in [1.54, 1.807) is 0 Å². The van der Waals surface area contributed by atoms with E-state index in [1.165, 1.54) is 6.20 Å². The Kier molecular flexibility index (Phi) is 8.39. The van der Waals surface area contributed by atoms with E-state index in [2.05, 4.69) is 26.8 Å². The van der Waals surface area contributed by atoms with Gasteiger partial charge in [-0.25, -0.2) is 4.98 Å². The first-order chi connectivity index (χ1) is 19.0. The number of aromatic nitrogens is 2. The molecule has 1 saturated heterocycles. The maximum absolute atomic E-state index is 13.0. The Morgan fingerprint density at radius 3 is 2.64 bits per heavy atom. The molecule has 2 N–H and O–H groups in total. The molecule has 1 aliphatic rings. The number of fused-ring (bicyclic) bond motifs is 1. The predicted octanol–water partition coefficient (Wildman–Crippen LogP) is 5.04. The second kappa shape index (κ2) is 12.3. The highest BCUT2D eigenvalue weighted by Gasteiger charge is 2.32. The summed E-state index contributed by atoms with van der Waals surface area (Å²) in [6.07, 6.45) is 3.14. The number of nitrogens with zero attached hydrogens (tertiary/aromatic N) is 3. The number of rotatable bonds is 9. The highest BCUT2D eigenvalue weighted by atomic mass is 16.7. The SMILES string of the molecule is C=CCN(C)C[C@@H]1C[C@H](c2ccc(CO)cc2)O[C@H](c2cccc(NC(=O)c3cnc4ccccc4n3)c2)O1. The molecule has 8 heteroatoms. The summed E-state index contributed by atoms with van der Waals surface area (Å²) in [4.78, 5) is 23.9. The highest BCUT2D eigenvalue weighted by molar-refractivity contribution is 6.03. The average Bonchev–Trinajstić information content (AvgIpc) is 2.97. The van der Waals surface area contributed by atoms with Gasteiger partial charge in [-0.05, 0) is 42.4 Å². The van der Waals surface area contributed by atoms with Crippen molar-refractivity contribution in [1.82, 2.24) is 14.9 Å².